The molecule has 5 rings (SSSR count). The van der Waals surface area contributed by atoms with Crippen LogP contribution in [0.25, 0.3) is 22.3 Å². The molecule has 37 heavy (non-hydrogen) atoms. The number of hydrogen-bond donors (Lipinski definition) is 1. The largest absolute Gasteiger partial charge is 0.497 e. The van der Waals surface area contributed by atoms with E-state index < -0.39 is 0 Å². The molecule has 1 fully saturated rings. The highest BCUT2D eigenvalue weighted by Gasteiger charge is 2.20. The molecule has 3 heterocycles. The smallest absolute Gasteiger partial charge is 0.143 e. The van der Waals surface area contributed by atoms with E-state index in [2.05, 4.69) is 37.1 Å². The average Bonchev–Trinajstić information content (AvgIpc) is 3.58. The Kier molecular flexibility index (Phi) is 8.74. The first-order chi connectivity index (χ1) is 17.6. The highest BCUT2D eigenvalue weighted by Crippen LogP contribution is 2.42. The lowest BCUT2D eigenvalue weighted by Gasteiger charge is -2.28. The Morgan fingerprint density at radius 1 is 1.08 bits per heavy atom. The van der Waals surface area contributed by atoms with Crippen LogP contribution in [0.5, 0.6) is 11.5 Å². The quantitative estimate of drug-likeness (QED) is 0.276. The fourth-order valence-electron chi connectivity index (χ4n) is 4.78. The molecule has 0 unspecified atom stereocenters. The van der Waals surface area contributed by atoms with Gasteiger partial charge in [0.25, 0.3) is 0 Å². The molecule has 1 aliphatic rings. The van der Waals surface area contributed by atoms with Gasteiger partial charge in [-0.1, -0.05) is 11.6 Å². The Labute approximate surface area is 228 Å². The first kappa shape index (κ1) is 27.0. The fraction of sp³-hybridized carbons (Fsp3) is 0.370. The number of rotatable bonds is 9. The molecule has 10 heteroatoms. The normalized spacial score (nSPS) is 13.5. The summed E-state index contributed by atoms with van der Waals surface area (Å²) in [6.45, 7) is 6.14. The van der Waals surface area contributed by atoms with Crippen LogP contribution >= 0.6 is 24.0 Å². The van der Waals surface area contributed by atoms with E-state index in [9.17, 15) is 0 Å². The first-order valence-corrected chi connectivity index (χ1v) is 12.6. The molecule has 0 aliphatic carbocycles. The van der Waals surface area contributed by atoms with Crippen molar-refractivity contribution >= 4 is 46.4 Å². The SMILES string of the molecule is COc1cc(OC)c(Cl)c(N(CCCN2CCCC2)c2ccc3ncc(-c4c[nH]nc4C)nc3c2)c1.Cl. The number of hydrogen-bond acceptors (Lipinski definition) is 7. The molecule has 0 amide bonds. The third kappa shape index (κ3) is 5.76. The molecule has 4 aromatic rings. The van der Waals surface area contributed by atoms with Crippen molar-refractivity contribution in [3.63, 3.8) is 0 Å². The third-order valence-corrected chi connectivity index (χ3v) is 7.12. The number of aromatic nitrogens is 4. The van der Waals surface area contributed by atoms with E-state index in [1.165, 1.54) is 25.9 Å². The van der Waals surface area contributed by atoms with Crippen LogP contribution in [0.2, 0.25) is 5.02 Å². The molecule has 1 saturated heterocycles. The molecule has 0 radical (unpaired) electrons. The van der Waals surface area contributed by atoms with Crippen LogP contribution in [0.15, 0.2) is 42.7 Å². The van der Waals surface area contributed by atoms with Gasteiger partial charge in [-0.25, -0.2) is 4.98 Å². The summed E-state index contributed by atoms with van der Waals surface area (Å²) < 4.78 is 11.1. The monoisotopic (exact) mass is 542 g/mol. The summed E-state index contributed by atoms with van der Waals surface area (Å²) in [4.78, 5) is 14.3. The summed E-state index contributed by atoms with van der Waals surface area (Å²) in [6.07, 6.45) is 7.20. The zero-order chi connectivity index (χ0) is 25.1. The van der Waals surface area contributed by atoms with Crippen molar-refractivity contribution in [1.29, 1.82) is 0 Å². The number of anilines is 2. The van der Waals surface area contributed by atoms with Gasteiger partial charge in [0.05, 0.1) is 48.5 Å². The fourth-order valence-corrected chi connectivity index (χ4v) is 5.07. The van der Waals surface area contributed by atoms with Crippen LogP contribution in [0.4, 0.5) is 11.4 Å². The second kappa shape index (κ2) is 12.0. The Morgan fingerprint density at radius 2 is 1.89 bits per heavy atom. The number of nitrogens with one attached hydrogen (secondary N) is 1. The zero-order valence-electron chi connectivity index (χ0n) is 21.3. The van der Waals surface area contributed by atoms with Gasteiger partial charge in [-0.3, -0.25) is 10.1 Å². The summed E-state index contributed by atoms with van der Waals surface area (Å²) in [5, 5.41) is 7.67. The zero-order valence-corrected chi connectivity index (χ0v) is 22.9. The predicted molar refractivity (Wildman–Crippen MR) is 151 cm³/mol. The molecule has 2 aromatic heterocycles. The summed E-state index contributed by atoms with van der Waals surface area (Å²) in [5.74, 6) is 1.27. The Bertz CT molecular complexity index is 1360. The summed E-state index contributed by atoms with van der Waals surface area (Å²) in [6, 6.07) is 9.90. The van der Waals surface area contributed by atoms with E-state index in [1.54, 1.807) is 26.5 Å². The van der Waals surface area contributed by atoms with Crippen LogP contribution in [-0.2, 0) is 0 Å². The predicted octanol–water partition coefficient (Wildman–Crippen LogP) is 6.04. The average molecular weight is 543 g/mol. The van der Waals surface area contributed by atoms with E-state index in [1.807, 2.05) is 25.3 Å². The van der Waals surface area contributed by atoms with Crippen molar-refractivity contribution < 1.29 is 9.47 Å². The lowest BCUT2D eigenvalue weighted by atomic mass is 10.1. The number of halogens is 2. The standard InChI is InChI=1S/C27H31ClN6O2.ClH/c1-18-21(16-30-32-18)24-17-29-22-8-7-19(13-23(22)31-24)34(12-6-11-33-9-4-5-10-33)25-14-20(35-2)15-26(36-3)27(25)28;/h7-8,13-17H,4-6,9-12H2,1-3H3,(H,30,32);1H. The number of aryl methyl sites for hydroxylation is 1. The third-order valence-electron chi connectivity index (χ3n) is 6.74. The number of aromatic amines is 1. The summed E-state index contributed by atoms with van der Waals surface area (Å²) >= 11 is 6.85. The highest BCUT2D eigenvalue weighted by atomic mass is 35.5. The number of H-pyrrole nitrogens is 1. The molecule has 0 spiro atoms. The topological polar surface area (TPSA) is 79.4 Å². The minimum atomic E-state index is 0. The Hall–Kier alpha value is -3.07. The van der Waals surface area contributed by atoms with Crippen molar-refractivity contribution in [2.45, 2.75) is 26.2 Å². The van der Waals surface area contributed by atoms with Gasteiger partial charge in [-0.05, 0) is 64.0 Å². The van der Waals surface area contributed by atoms with E-state index in [0.717, 1.165) is 58.9 Å². The van der Waals surface area contributed by atoms with Crippen molar-refractivity contribution in [2.24, 2.45) is 0 Å². The number of benzene rings is 2. The van der Waals surface area contributed by atoms with Gasteiger partial charge >= 0.3 is 0 Å². The van der Waals surface area contributed by atoms with Crippen molar-refractivity contribution in [1.82, 2.24) is 25.1 Å². The number of ether oxygens (including phenoxy) is 2. The lowest BCUT2D eigenvalue weighted by Crippen LogP contribution is -2.26. The molecule has 0 saturated carbocycles. The Balaban J connectivity index is 0.00000320. The second-order valence-corrected chi connectivity index (χ2v) is 9.41. The molecule has 0 bridgehead atoms. The van der Waals surface area contributed by atoms with Gasteiger partial charge in [0.15, 0.2) is 0 Å². The highest BCUT2D eigenvalue weighted by molar-refractivity contribution is 6.35. The van der Waals surface area contributed by atoms with Crippen LogP contribution in [0.1, 0.15) is 25.0 Å². The van der Waals surface area contributed by atoms with Gasteiger partial charge in [0.1, 0.15) is 16.5 Å². The van der Waals surface area contributed by atoms with Crippen LogP contribution < -0.4 is 14.4 Å². The van der Waals surface area contributed by atoms with E-state index >= 15 is 0 Å². The first-order valence-electron chi connectivity index (χ1n) is 12.3. The van der Waals surface area contributed by atoms with E-state index in [-0.39, 0.29) is 12.4 Å². The molecule has 1 N–H and O–H groups in total. The molecule has 1 aliphatic heterocycles. The molecular formula is C27H32Cl2N6O2. The maximum atomic E-state index is 6.85. The van der Waals surface area contributed by atoms with Gasteiger partial charge in [0.2, 0.25) is 0 Å². The maximum absolute atomic E-state index is 6.85. The van der Waals surface area contributed by atoms with Crippen molar-refractivity contribution in [3.8, 4) is 22.8 Å². The number of fused-ring (bicyclic) bond motifs is 1. The van der Waals surface area contributed by atoms with Gasteiger partial charge in [-0.2, -0.15) is 5.10 Å². The van der Waals surface area contributed by atoms with Crippen molar-refractivity contribution in [3.05, 3.63) is 53.4 Å². The maximum Gasteiger partial charge on any atom is 0.143 e. The van der Waals surface area contributed by atoms with Crippen molar-refractivity contribution in [2.75, 3.05) is 45.3 Å². The number of methoxy groups -OCH3 is 2. The van der Waals surface area contributed by atoms with Crippen LogP contribution in [-0.4, -0.2) is 65.5 Å². The summed E-state index contributed by atoms with van der Waals surface area (Å²) in [7, 11) is 3.27. The molecule has 2 aromatic carbocycles. The minimum Gasteiger partial charge on any atom is -0.497 e. The lowest BCUT2D eigenvalue weighted by molar-refractivity contribution is 0.336. The summed E-state index contributed by atoms with van der Waals surface area (Å²) in [5.41, 5.74) is 6.07. The van der Waals surface area contributed by atoms with Crippen LogP contribution in [0, 0.1) is 6.92 Å². The van der Waals surface area contributed by atoms with Gasteiger partial charge in [-0.15, -0.1) is 12.4 Å². The Morgan fingerprint density at radius 3 is 2.59 bits per heavy atom. The second-order valence-electron chi connectivity index (χ2n) is 9.03. The molecule has 8 nitrogen and oxygen atoms in total. The number of nitrogens with zero attached hydrogens (tertiary/aromatic N) is 5. The molecule has 0 atom stereocenters. The molecular weight excluding hydrogens is 511 g/mol. The molecule has 196 valence electrons. The number of likely N-dealkylation sites (tertiary alicyclic amines) is 1. The van der Waals surface area contributed by atoms with Gasteiger partial charge in [0, 0.05) is 36.1 Å². The van der Waals surface area contributed by atoms with E-state index in [0.29, 0.717) is 16.5 Å². The van der Waals surface area contributed by atoms with Crippen LogP contribution in [0.3, 0.4) is 0 Å². The van der Waals surface area contributed by atoms with Gasteiger partial charge < -0.3 is 19.3 Å². The van der Waals surface area contributed by atoms with E-state index in [4.69, 9.17) is 26.1 Å². The minimum absolute atomic E-state index is 0.